The molecule has 0 saturated carbocycles. The van der Waals surface area contributed by atoms with Gasteiger partial charge in [-0.1, -0.05) is 25.1 Å². The highest BCUT2D eigenvalue weighted by Crippen LogP contribution is 2.49. The molecule has 3 rings (SSSR count). The number of carbonyl (C=O) groups excluding carboxylic acids is 1. The molecular weight excluding hydrogens is 507 g/mol. The van der Waals surface area contributed by atoms with Crippen LogP contribution in [0, 0.1) is 5.41 Å². The molecule has 3 aromatic rings. The molecule has 2 heterocycles. The third-order valence-corrected chi connectivity index (χ3v) is 8.85. The molecule has 12 heteroatoms. The molecule has 0 spiro atoms. The Morgan fingerprint density at radius 2 is 1.95 bits per heavy atom. The highest BCUT2D eigenvalue weighted by Gasteiger charge is 2.39. The van der Waals surface area contributed by atoms with Crippen LogP contribution in [-0.4, -0.2) is 57.8 Å². The molecule has 208 valence electrons. The standard InChI is InChI=1S/C26H39N6O5P/c1-7-12-36-25(33)26(4,5)14-38(34,31-19(3)20-10-8-9-11-21(20)35-6)17-37-18(2)13-32-16-30-22-23(27)28-15-29-24(22)32/h8-11,15-16,18-19H,7,12-14,17H2,1-6H3,(H,31,34)(H2,27,28,29)/t18-,19-,38?/m1/s1. The number of anilines is 1. The normalized spacial score (nSPS) is 15.1. The number of hydrogen-bond acceptors (Lipinski definition) is 9. The molecule has 0 amide bonds. The Balaban J connectivity index is 1.79. The van der Waals surface area contributed by atoms with Crippen molar-refractivity contribution in [1.29, 1.82) is 0 Å². The zero-order valence-corrected chi connectivity index (χ0v) is 23.9. The Morgan fingerprint density at radius 3 is 2.66 bits per heavy atom. The van der Waals surface area contributed by atoms with Crippen molar-refractivity contribution in [3.63, 3.8) is 0 Å². The second-order valence-electron chi connectivity index (χ2n) is 10.1. The molecule has 0 bridgehead atoms. The van der Waals surface area contributed by atoms with Crippen molar-refractivity contribution < 1.29 is 23.6 Å². The van der Waals surface area contributed by atoms with Crippen molar-refractivity contribution in [2.75, 3.05) is 32.0 Å². The summed E-state index contributed by atoms with van der Waals surface area (Å²) >= 11 is 0. The molecule has 3 N–H and O–H groups in total. The van der Waals surface area contributed by atoms with Gasteiger partial charge in [0.25, 0.3) is 0 Å². The Labute approximate surface area is 223 Å². The summed E-state index contributed by atoms with van der Waals surface area (Å²) in [7, 11) is -1.68. The average Bonchev–Trinajstić information content (AvgIpc) is 3.29. The minimum atomic E-state index is -3.28. The van der Waals surface area contributed by atoms with E-state index in [2.05, 4.69) is 20.0 Å². The van der Waals surface area contributed by atoms with Gasteiger partial charge in [0.1, 0.15) is 23.9 Å². The van der Waals surface area contributed by atoms with Crippen molar-refractivity contribution in [3.8, 4) is 5.75 Å². The van der Waals surface area contributed by atoms with Gasteiger partial charge in [-0.25, -0.2) is 15.0 Å². The lowest BCUT2D eigenvalue weighted by atomic mass is 9.97. The Bertz CT molecular complexity index is 1280. The number of carbonyl (C=O) groups is 1. The number of fused-ring (bicyclic) bond motifs is 1. The summed E-state index contributed by atoms with van der Waals surface area (Å²) in [5, 5.41) is 3.29. The first-order valence-electron chi connectivity index (χ1n) is 12.7. The number of benzene rings is 1. The number of nitrogens with two attached hydrogens (primary N) is 1. The molecule has 0 aliphatic heterocycles. The highest BCUT2D eigenvalue weighted by molar-refractivity contribution is 7.61. The summed E-state index contributed by atoms with van der Waals surface area (Å²) in [5.41, 5.74) is 6.88. The molecule has 1 aromatic carbocycles. The van der Waals surface area contributed by atoms with Gasteiger partial charge in [0.2, 0.25) is 0 Å². The number of rotatable bonds is 14. The highest BCUT2D eigenvalue weighted by atomic mass is 31.2. The monoisotopic (exact) mass is 546 g/mol. The van der Waals surface area contributed by atoms with Gasteiger partial charge >= 0.3 is 5.97 Å². The summed E-state index contributed by atoms with van der Waals surface area (Å²) < 4.78 is 33.3. The van der Waals surface area contributed by atoms with Crippen molar-refractivity contribution in [1.82, 2.24) is 24.6 Å². The summed E-state index contributed by atoms with van der Waals surface area (Å²) in [6, 6.07) is 7.23. The van der Waals surface area contributed by atoms with Gasteiger partial charge in [-0.3, -0.25) is 9.88 Å². The summed E-state index contributed by atoms with van der Waals surface area (Å²) in [4.78, 5) is 25.3. The van der Waals surface area contributed by atoms with Crippen LogP contribution in [0.15, 0.2) is 36.9 Å². The smallest absolute Gasteiger partial charge is 0.312 e. The van der Waals surface area contributed by atoms with Gasteiger partial charge in [0.15, 0.2) is 18.8 Å². The first kappa shape index (κ1) is 29.5. The number of para-hydroxylation sites is 1. The Kier molecular flexibility index (Phi) is 9.87. The molecule has 38 heavy (non-hydrogen) atoms. The fraction of sp³-hybridized carbons (Fsp3) is 0.538. The van der Waals surface area contributed by atoms with E-state index in [-0.39, 0.29) is 30.6 Å². The van der Waals surface area contributed by atoms with Crippen LogP contribution >= 0.6 is 7.29 Å². The molecule has 0 fully saturated rings. The third kappa shape index (κ3) is 7.30. The number of nitrogen functional groups attached to an aromatic ring is 1. The first-order chi connectivity index (χ1) is 18.0. The van der Waals surface area contributed by atoms with Gasteiger partial charge in [-0.2, -0.15) is 0 Å². The maximum atomic E-state index is 14.4. The van der Waals surface area contributed by atoms with E-state index in [9.17, 15) is 9.36 Å². The second kappa shape index (κ2) is 12.7. The number of nitrogens with one attached hydrogen (secondary N) is 1. The first-order valence-corrected chi connectivity index (χ1v) is 14.8. The van der Waals surface area contributed by atoms with E-state index in [1.165, 1.54) is 6.33 Å². The van der Waals surface area contributed by atoms with Crippen molar-refractivity contribution in [2.24, 2.45) is 5.41 Å². The average molecular weight is 547 g/mol. The number of imidazole rings is 1. The lowest BCUT2D eigenvalue weighted by Crippen LogP contribution is -2.35. The predicted octanol–water partition coefficient (Wildman–Crippen LogP) is 4.39. The van der Waals surface area contributed by atoms with Crippen LogP contribution in [0.4, 0.5) is 5.82 Å². The number of ether oxygens (including phenoxy) is 3. The summed E-state index contributed by atoms with van der Waals surface area (Å²) in [6.45, 7) is 9.95. The van der Waals surface area contributed by atoms with E-state index in [4.69, 9.17) is 19.9 Å². The lowest BCUT2D eigenvalue weighted by Gasteiger charge is -2.32. The number of hydrogen-bond donors (Lipinski definition) is 2. The quantitative estimate of drug-likeness (QED) is 0.221. The Hall–Kier alpha value is -3.01. The summed E-state index contributed by atoms with van der Waals surface area (Å²) in [6.07, 6.45) is 3.37. The SMILES string of the molecule is CCCOC(=O)C(C)(C)CP(=O)(CO[C@H](C)Cn1cnc2c(N)ncnc21)N[C@H](C)c1ccccc1OC. The largest absolute Gasteiger partial charge is 0.496 e. The molecular formula is C26H39N6O5P. The van der Waals surface area contributed by atoms with Crippen LogP contribution in [0.1, 0.15) is 52.6 Å². The minimum absolute atomic E-state index is 0.0620. The number of aromatic nitrogens is 4. The van der Waals surface area contributed by atoms with Crippen LogP contribution < -0.4 is 15.6 Å². The van der Waals surface area contributed by atoms with Gasteiger partial charge in [-0.05, 0) is 40.2 Å². The lowest BCUT2D eigenvalue weighted by molar-refractivity contribution is -0.152. The minimum Gasteiger partial charge on any atom is -0.496 e. The van der Waals surface area contributed by atoms with E-state index < -0.39 is 12.7 Å². The molecule has 0 saturated heterocycles. The van der Waals surface area contributed by atoms with Crippen LogP contribution in [0.3, 0.4) is 0 Å². The zero-order valence-electron chi connectivity index (χ0n) is 23.0. The topological polar surface area (TPSA) is 143 Å². The van der Waals surface area contributed by atoms with E-state index in [0.717, 1.165) is 5.56 Å². The predicted molar refractivity (Wildman–Crippen MR) is 147 cm³/mol. The second-order valence-corrected chi connectivity index (χ2v) is 12.7. The van der Waals surface area contributed by atoms with E-state index in [1.807, 2.05) is 49.6 Å². The fourth-order valence-electron chi connectivity index (χ4n) is 4.28. The van der Waals surface area contributed by atoms with E-state index >= 15 is 0 Å². The summed E-state index contributed by atoms with van der Waals surface area (Å²) in [5.74, 6) is 0.600. The van der Waals surface area contributed by atoms with Crippen molar-refractivity contribution >= 4 is 30.2 Å². The third-order valence-electron chi connectivity index (χ3n) is 6.13. The number of esters is 1. The maximum absolute atomic E-state index is 14.4. The van der Waals surface area contributed by atoms with Crippen LogP contribution in [0.2, 0.25) is 0 Å². The van der Waals surface area contributed by atoms with Crippen molar-refractivity contribution in [2.45, 2.75) is 59.7 Å². The van der Waals surface area contributed by atoms with Gasteiger partial charge in [-0.15, -0.1) is 0 Å². The number of methoxy groups -OCH3 is 1. The van der Waals surface area contributed by atoms with Gasteiger partial charge in [0, 0.05) is 17.8 Å². The molecule has 0 aliphatic carbocycles. The fourth-order valence-corrected chi connectivity index (χ4v) is 7.28. The molecule has 3 atom stereocenters. The van der Waals surface area contributed by atoms with Crippen molar-refractivity contribution in [3.05, 3.63) is 42.5 Å². The van der Waals surface area contributed by atoms with Crippen LogP contribution in [0.5, 0.6) is 5.75 Å². The molecule has 0 aliphatic rings. The zero-order chi connectivity index (χ0) is 27.9. The molecule has 0 radical (unpaired) electrons. The van der Waals surface area contributed by atoms with E-state index in [1.54, 1.807) is 27.3 Å². The maximum Gasteiger partial charge on any atom is 0.312 e. The van der Waals surface area contributed by atoms with Crippen LogP contribution in [-0.2, 0) is 25.4 Å². The van der Waals surface area contributed by atoms with Gasteiger partial charge in [0.05, 0.1) is 38.1 Å². The van der Waals surface area contributed by atoms with Gasteiger partial charge < -0.3 is 29.1 Å². The molecule has 11 nitrogen and oxygen atoms in total. The Morgan fingerprint density at radius 1 is 1.21 bits per heavy atom. The number of nitrogens with zero attached hydrogens (tertiary/aromatic N) is 4. The molecule has 1 unspecified atom stereocenters. The molecule has 2 aromatic heterocycles. The van der Waals surface area contributed by atoms with Crippen LogP contribution in [0.25, 0.3) is 11.2 Å². The van der Waals surface area contributed by atoms with E-state index in [0.29, 0.717) is 42.3 Å².